The summed E-state index contributed by atoms with van der Waals surface area (Å²) in [6, 6.07) is 0.364. The second-order valence-corrected chi connectivity index (χ2v) is 4.75. The van der Waals surface area contributed by atoms with E-state index in [1.807, 2.05) is 6.92 Å². The van der Waals surface area contributed by atoms with Crippen molar-refractivity contribution >= 4 is 5.91 Å². The van der Waals surface area contributed by atoms with E-state index >= 15 is 0 Å². The predicted octanol–water partition coefficient (Wildman–Crippen LogP) is 0.816. The van der Waals surface area contributed by atoms with E-state index in [0.717, 1.165) is 32.1 Å². The average molecular weight is 258 g/mol. The summed E-state index contributed by atoms with van der Waals surface area (Å²) in [7, 11) is 0. The molecule has 0 bridgehead atoms. The minimum absolute atomic E-state index is 0.0551. The van der Waals surface area contributed by atoms with Gasteiger partial charge in [0.05, 0.1) is 6.10 Å². The van der Waals surface area contributed by atoms with Crippen LogP contribution in [-0.4, -0.2) is 44.4 Å². The number of carbonyl (C=O) groups excluding carboxylic acids is 1. The van der Waals surface area contributed by atoms with E-state index in [0.29, 0.717) is 31.9 Å². The summed E-state index contributed by atoms with van der Waals surface area (Å²) in [6.45, 7) is 3.95. The van der Waals surface area contributed by atoms with E-state index in [1.54, 1.807) is 0 Å². The average Bonchev–Trinajstić information content (AvgIpc) is 2.38. The van der Waals surface area contributed by atoms with Crippen molar-refractivity contribution < 1.29 is 14.3 Å². The van der Waals surface area contributed by atoms with Gasteiger partial charge in [-0.2, -0.15) is 0 Å². The lowest BCUT2D eigenvalue weighted by Crippen LogP contribution is -2.31. The molecule has 0 aromatic rings. The highest BCUT2D eigenvalue weighted by Gasteiger charge is 2.18. The van der Waals surface area contributed by atoms with E-state index in [1.165, 1.54) is 0 Å². The molecule has 18 heavy (non-hydrogen) atoms. The number of rotatable bonds is 8. The Bertz CT molecular complexity index is 228. The zero-order valence-electron chi connectivity index (χ0n) is 11.3. The quantitative estimate of drug-likeness (QED) is 0.632. The Kier molecular flexibility index (Phi) is 7.96. The lowest BCUT2D eigenvalue weighted by Gasteiger charge is -2.26. The van der Waals surface area contributed by atoms with Crippen molar-refractivity contribution in [2.45, 2.75) is 51.2 Å². The first-order valence-corrected chi connectivity index (χ1v) is 6.94. The molecule has 106 valence electrons. The number of hydrogen-bond acceptors (Lipinski definition) is 4. The summed E-state index contributed by atoms with van der Waals surface area (Å²) in [5, 5.41) is 2.80. The van der Waals surface area contributed by atoms with Crippen LogP contribution in [-0.2, 0) is 14.3 Å². The molecule has 0 aromatic carbocycles. The second kappa shape index (κ2) is 9.30. The maximum absolute atomic E-state index is 11.2. The van der Waals surface area contributed by atoms with Crippen molar-refractivity contribution in [3.8, 4) is 0 Å². The van der Waals surface area contributed by atoms with Crippen molar-refractivity contribution in [2.75, 3.05) is 26.4 Å². The summed E-state index contributed by atoms with van der Waals surface area (Å²) < 4.78 is 10.8. The Hall–Kier alpha value is -0.650. The Balaban J connectivity index is 1.90. The zero-order chi connectivity index (χ0) is 13.2. The minimum atomic E-state index is -0.0551. The fraction of sp³-hybridized carbons (Fsp3) is 0.923. The van der Waals surface area contributed by atoms with Gasteiger partial charge in [0.25, 0.3) is 0 Å². The third-order valence-electron chi connectivity index (χ3n) is 3.15. The first kappa shape index (κ1) is 15.4. The molecule has 1 aliphatic carbocycles. The van der Waals surface area contributed by atoms with Gasteiger partial charge in [0.2, 0.25) is 5.91 Å². The lowest BCUT2D eigenvalue weighted by molar-refractivity contribution is -0.125. The molecule has 0 aliphatic heterocycles. The first-order chi connectivity index (χ1) is 8.72. The predicted molar refractivity (Wildman–Crippen MR) is 70.3 cm³/mol. The number of carbonyl (C=O) groups is 1. The molecule has 0 spiro atoms. The van der Waals surface area contributed by atoms with Crippen LogP contribution in [0.5, 0.6) is 0 Å². The summed E-state index contributed by atoms with van der Waals surface area (Å²) in [5.41, 5.74) is 5.83. The second-order valence-electron chi connectivity index (χ2n) is 4.75. The molecule has 0 unspecified atom stereocenters. The van der Waals surface area contributed by atoms with Gasteiger partial charge < -0.3 is 20.5 Å². The molecule has 1 saturated carbocycles. The van der Waals surface area contributed by atoms with Gasteiger partial charge in [0, 0.05) is 25.8 Å². The van der Waals surface area contributed by atoms with Gasteiger partial charge in [-0.3, -0.25) is 4.79 Å². The normalized spacial score (nSPS) is 23.9. The molecule has 3 N–H and O–H groups in total. The highest BCUT2D eigenvalue weighted by molar-refractivity contribution is 5.77. The van der Waals surface area contributed by atoms with Crippen molar-refractivity contribution in [3.05, 3.63) is 0 Å². The van der Waals surface area contributed by atoms with Crippen LogP contribution in [0.3, 0.4) is 0 Å². The SMILES string of the molecule is CCOCC(=O)NCCCOC1CCC(N)CC1. The molecule has 0 radical (unpaired) electrons. The molecule has 5 nitrogen and oxygen atoms in total. The number of nitrogens with one attached hydrogen (secondary N) is 1. The van der Waals surface area contributed by atoms with E-state index in [9.17, 15) is 4.79 Å². The van der Waals surface area contributed by atoms with Crippen LogP contribution in [0.25, 0.3) is 0 Å². The number of amides is 1. The van der Waals surface area contributed by atoms with Crippen molar-refractivity contribution in [3.63, 3.8) is 0 Å². The van der Waals surface area contributed by atoms with E-state index in [4.69, 9.17) is 15.2 Å². The molecule has 5 heteroatoms. The zero-order valence-corrected chi connectivity index (χ0v) is 11.3. The Labute approximate surface area is 109 Å². The summed E-state index contributed by atoms with van der Waals surface area (Å²) in [6.07, 6.45) is 5.48. The molecule has 1 fully saturated rings. The van der Waals surface area contributed by atoms with Crippen molar-refractivity contribution in [1.29, 1.82) is 0 Å². The van der Waals surface area contributed by atoms with Crippen LogP contribution >= 0.6 is 0 Å². The fourth-order valence-corrected chi connectivity index (χ4v) is 2.05. The number of hydrogen-bond donors (Lipinski definition) is 2. The van der Waals surface area contributed by atoms with Crippen molar-refractivity contribution in [1.82, 2.24) is 5.32 Å². The fourth-order valence-electron chi connectivity index (χ4n) is 2.05. The highest BCUT2D eigenvalue weighted by atomic mass is 16.5. The molecule has 1 rings (SSSR count). The van der Waals surface area contributed by atoms with Crippen LogP contribution in [0.4, 0.5) is 0 Å². The molecular weight excluding hydrogens is 232 g/mol. The molecule has 0 heterocycles. The molecule has 0 saturated heterocycles. The van der Waals surface area contributed by atoms with Gasteiger partial charge in [-0.25, -0.2) is 0 Å². The monoisotopic (exact) mass is 258 g/mol. The Morgan fingerprint density at radius 2 is 2.06 bits per heavy atom. The number of ether oxygens (including phenoxy) is 2. The van der Waals surface area contributed by atoms with Crippen LogP contribution in [0.1, 0.15) is 39.0 Å². The highest BCUT2D eigenvalue weighted by Crippen LogP contribution is 2.19. The third kappa shape index (κ3) is 6.93. The third-order valence-corrected chi connectivity index (χ3v) is 3.15. The van der Waals surface area contributed by atoms with Crippen LogP contribution in [0, 0.1) is 0 Å². The topological polar surface area (TPSA) is 73.6 Å². The van der Waals surface area contributed by atoms with Gasteiger partial charge in [0.1, 0.15) is 6.61 Å². The summed E-state index contributed by atoms with van der Waals surface area (Å²) >= 11 is 0. The van der Waals surface area contributed by atoms with E-state index in [-0.39, 0.29) is 12.5 Å². The number of nitrogens with two attached hydrogens (primary N) is 1. The maximum Gasteiger partial charge on any atom is 0.245 e. The minimum Gasteiger partial charge on any atom is -0.378 e. The molecule has 1 amide bonds. The summed E-state index contributed by atoms with van der Waals surface area (Å²) in [4.78, 5) is 11.2. The largest absolute Gasteiger partial charge is 0.378 e. The van der Waals surface area contributed by atoms with Crippen LogP contribution in [0.2, 0.25) is 0 Å². The molecule has 0 aromatic heterocycles. The Morgan fingerprint density at radius 1 is 1.33 bits per heavy atom. The van der Waals surface area contributed by atoms with Gasteiger partial charge in [0.15, 0.2) is 0 Å². The first-order valence-electron chi connectivity index (χ1n) is 6.94. The standard InChI is InChI=1S/C13H26N2O3/c1-2-17-10-13(16)15-8-3-9-18-12-6-4-11(14)5-7-12/h11-12H,2-10,14H2,1H3,(H,15,16). The van der Waals surface area contributed by atoms with Gasteiger partial charge in [-0.1, -0.05) is 0 Å². The lowest BCUT2D eigenvalue weighted by atomic mass is 9.94. The van der Waals surface area contributed by atoms with Gasteiger partial charge >= 0.3 is 0 Å². The van der Waals surface area contributed by atoms with Crippen LogP contribution in [0.15, 0.2) is 0 Å². The van der Waals surface area contributed by atoms with Gasteiger partial charge in [-0.15, -0.1) is 0 Å². The van der Waals surface area contributed by atoms with Gasteiger partial charge in [-0.05, 0) is 39.0 Å². The maximum atomic E-state index is 11.2. The Morgan fingerprint density at radius 3 is 2.72 bits per heavy atom. The molecule has 1 aliphatic rings. The smallest absolute Gasteiger partial charge is 0.245 e. The van der Waals surface area contributed by atoms with E-state index in [2.05, 4.69) is 5.32 Å². The van der Waals surface area contributed by atoms with Crippen LogP contribution < -0.4 is 11.1 Å². The molecular formula is C13H26N2O3. The van der Waals surface area contributed by atoms with Crippen molar-refractivity contribution in [2.24, 2.45) is 5.73 Å². The van der Waals surface area contributed by atoms with E-state index < -0.39 is 0 Å². The molecule has 0 atom stereocenters. The summed E-state index contributed by atoms with van der Waals surface area (Å²) in [5.74, 6) is -0.0551.